The van der Waals surface area contributed by atoms with Crippen molar-refractivity contribution in [2.75, 3.05) is 0 Å². The fraction of sp³-hybridized carbons (Fsp3) is 0.667. The van der Waals surface area contributed by atoms with Gasteiger partial charge in [0.05, 0.1) is 6.17 Å². The highest BCUT2D eigenvalue weighted by molar-refractivity contribution is 4.78. The molecule has 0 bridgehead atoms. The Hall–Kier alpha value is -0.500. The van der Waals surface area contributed by atoms with Gasteiger partial charge in [-0.05, 0) is 19.5 Å². The highest BCUT2D eigenvalue weighted by Gasteiger charge is 1.80. The van der Waals surface area contributed by atoms with Crippen molar-refractivity contribution in [3.05, 3.63) is 12.3 Å². The summed E-state index contributed by atoms with van der Waals surface area (Å²) in [6, 6.07) is 0. The van der Waals surface area contributed by atoms with Gasteiger partial charge in [0.15, 0.2) is 0 Å². The minimum absolute atomic E-state index is 0.0674. The lowest BCUT2D eigenvalue weighted by atomic mass is 10.5. The number of hydrogen-bond donors (Lipinski definition) is 2. The van der Waals surface area contributed by atoms with Crippen molar-refractivity contribution < 1.29 is 0 Å². The fourth-order valence-electron chi connectivity index (χ4n) is 0.338. The first-order valence-corrected chi connectivity index (χ1v) is 2.94. The number of nitrogens with two attached hydrogens (primary N) is 1. The second kappa shape index (κ2) is 4.65. The molecule has 1 unspecified atom stereocenters. The molecule has 0 radical (unpaired) electrons. The standard InChI is InChI=1S/C6H14N2/c1-3-4-5-8-6(2)7/h4-6,8H,3,7H2,1-2H3. The molecule has 0 aromatic rings. The van der Waals surface area contributed by atoms with Crippen molar-refractivity contribution in [1.82, 2.24) is 5.32 Å². The summed E-state index contributed by atoms with van der Waals surface area (Å²) in [5.74, 6) is 0. The van der Waals surface area contributed by atoms with Gasteiger partial charge in [0.25, 0.3) is 0 Å². The predicted molar refractivity (Wildman–Crippen MR) is 36.2 cm³/mol. The van der Waals surface area contributed by atoms with E-state index in [-0.39, 0.29) is 6.17 Å². The lowest BCUT2D eigenvalue weighted by molar-refractivity contribution is 0.669. The smallest absolute Gasteiger partial charge is 0.0709 e. The molecule has 0 aliphatic rings. The van der Waals surface area contributed by atoms with Crippen LogP contribution in [-0.2, 0) is 0 Å². The van der Waals surface area contributed by atoms with Gasteiger partial charge in [-0.1, -0.05) is 13.0 Å². The summed E-state index contributed by atoms with van der Waals surface area (Å²) >= 11 is 0. The molecule has 0 amide bonds. The molecule has 0 heterocycles. The number of allylic oxidation sites excluding steroid dienone is 1. The second-order valence-corrected chi connectivity index (χ2v) is 1.77. The molecule has 0 aliphatic carbocycles. The molecule has 2 heteroatoms. The van der Waals surface area contributed by atoms with E-state index >= 15 is 0 Å². The number of rotatable bonds is 3. The third-order valence-corrected chi connectivity index (χ3v) is 0.713. The van der Waals surface area contributed by atoms with Gasteiger partial charge in [0.1, 0.15) is 0 Å². The fourth-order valence-corrected chi connectivity index (χ4v) is 0.338. The third-order valence-electron chi connectivity index (χ3n) is 0.713. The summed E-state index contributed by atoms with van der Waals surface area (Å²) in [5, 5.41) is 2.94. The lowest BCUT2D eigenvalue weighted by Gasteiger charge is -2.01. The monoisotopic (exact) mass is 114 g/mol. The van der Waals surface area contributed by atoms with Crippen LogP contribution in [0.3, 0.4) is 0 Å². The maximum Gasteiger partial charge on any atom is 0.0709 e. The summed E-state index contributed by atoms with van der Waals surface area (Å²) in [7, 11) is 0. The van der Waals surface area contributed by atoms with Crippen LogP contribution >= 0.6 is 0 Å². The maximum absolute atomic E-state index is 5.37. The van der Waals surface area contributed by atoms with Crippen molar-refractivity contribution in [2.45, 2.75) is 26.4 Å². The Morgan fingerprint density at radius 3 is 2.75 bits per heavy atom. The molecule has 0 rings (SSSR count). The van der Waals surface area contributed by atoms with Crippen LogP contribution < -0.4 is 11.1 Å². The quantitative estimate of drug-likeness (QED) is 0.533. The Morgan fingerprint density at radius 1 is 1.75 bits per heavy atom. The van der Waals surface area contributed by atoms with E-state index in [4.69, 9.17) is 5.73 Å². The van der Waals surface area contributed by atoms with Crippen molar-refractivity contribution >= 4 is 0 Å². The van der Waals surface area contributed by atoms with E-state index in [9.17, 15) is 0 Å². The first-order valence-electron chi connectivity index (χ1n) is 2.94. The highest BCUT2D eigenvalue weighted by atomic mass is 15.0. The Bertz CT molecular complexity index is 66.9. The number of hydrogen-bond acceptors (Lipinski definition) is 2. The topological polar surface area (TPSA) is 38.0 Å². The van der Waals surface area contributed by atoms with Gasteiger partial charge in [-0.3, -0.25) is 0 Å². The lowest BCUT2D eigenvalue weighted by Crippen LogP contribution is -2.29. The Morgan fingerprint density at radius 2 is 2.38 bits per heavy atom. The summed E-state index contributed by atoms with van der Waals surface area (Å²) in [5.41, 5.74) is 5.37. The molecule has 2 nitrogen and oxygen atoms in total. The molecule has 3 N–H and O–H groups in total. The Balaban J connectivity index is 3.03. The number of nitrogens with one attached hydrogen (secondary N) is 1. The summed E-state index contributed by atoms with van der Waals surface area (Å²) in [4.78, 5) is 0. The molecule has 1 atom stereocenters. The molecule has 8 heavy (non-hydrogen) atoms. The minimum atomic E-state index is 0.0674. The average Bonchev–Trinajstić information content (AvgIpc) is 1.66. The SMILES string of the molecule is CCC=CNC(C)N. The van der Waals surface area contributed by atoms with E-state index < -0.39 is 0 Å². The van der Waals surface area contributed by atoms with Crippen LogP contribution in [0.4, 0.5) is 0 Å². The van der Waals surface area contributed by atoms with Gasteiger partial charge in [0.2, 0.25) is 0 Å². The molecular formula is C6H14N2. The van der Waals surface area contributed by atoms with E-state index in [1.54, 1.807) is 0 Å². The maximum atomic E-state index is 5.37. The minimum Gasteiger partial charge on any atom is -0.376 e. The van der Waals surface area contributed by atoms with Gasteiger partial charge in [-0.25, -0.2) is 0 Å². The zero-order chi connectivity index (χ0) is 6.41. The molecule has 0 aromatic heterocycles. The summed E-state index contributed by atoms with van der Waals surface area (Å²) in [6.45, 7) is 3.99. The zero-order valence-corrected chi connectivity index (χ0v) is 5.52. The molecule has 0 saturated heterocycles. The van der Waals surface area contributed by atoms with Crippen LogP contribution in [0.5, 0.6) is 0 Å². The van der Waals surface area contributed by atoms with Crippen molar-refractivity contribution in [3.63, 3.8) is 0 Å². The molecule has 0 saturated carbocycles. The third kappa shape index (κ3) is 5.50. The van der Waals surface area contributed by atoms with Crippen molar-refractivity contribution in [2.24, 2.45) is 5.73 Å². The van der Waals surface area contributed by atoms with Gasteiger partial charge in [-0.2, -0.15) is 0 Å². The first kappa shape index (κ1) is 7.50. The van der Waals surface area contributed by atoms with Gasteiger partial charge in [0, 0.05) is 0 Å². The van der Waals surface area contributed by atoms with E-state index in [2.05, 4.69) is 12.2 Å². The summed E-state index contributed by atoms with van der Waals surface area (Å²) < 4.78 is 0. The van der Waals surface area contributed by atoms with E-state index in [1.807, 2.05) is 19.2 Å². The first-order chi connectivity index (χ1) is 3.77. The van der Waals surface area contributed by atoms with Crippen LogP contribution in [0.1, 0.15) is 20.3 Å². The van der Waals surface area contributed by atoms with Gasteiger partial charge < -0.3 is 11.1 Å². The highest BCUT2D eigenvalue weighted by Crippen LogP contribution is 1.75. The van der Waals surface area contributed by atoms with Crippen LogP contribution in [0.25, 0.3) is 0 Å². The molecule has 0 aliphatic heterocycles. The largest absolute Gasteiger partial charge is 0.376 e. The molecular weight excluding hydrogens is 100 g/mol. The zero-order valence-electron chi connectivity index (χ0n) is 5.52. The van der Waals surface area contributed by atoms with Gasteiger partial charge >= 0.3 is 0 Å². The van der Waals surface area contributed by atoms with E-state index in [0.717, 1.165) is 6.42 Å². The van der Waals surface area contributed by atoms with Crippen LogP contribution in [0.2, 0.25) is 0 Å². The average molecular weight is 114 g/mol. The van der Waals surface area contributed by atoms with Gasteiger partial charge in [-0.15, -0.1) is 0 Å². The van der Waals surface area contributed by atoms with E-state index in [0.29, 0.717) is 0 Å². The van der Waals surface area contributed by atoms with E-state index in [1.165, 1.54) is 0 Å². The molecule has 48 valence electrons. The predicted octanol–water partition coefficient (Wildman–Crippen LogP) is 0.804. The second-order valence-electron chi connectivity index (χ2n) is 1.77. The molecule has 0 fully saturated rings. The normalized spacial score (nSPS) is 14.4. The van der Waals surface area contributed by atoms with Crippen LogP contribution in [0.15, 0.2) is 12.3 Å². The molecule has 0 spiro atoms. The Labute approximate surface area is 50.8 Å². The summed E-state index contributed by atoms with van der Waals surface area (Å²) in [6.07, 6.45) is 5.03. The molecule has 0 aromatic carbocycles. The van der Waals surface area contributed by atoms with Crippen LogP contribution in [-0.4, -0.2) is 6.17 Å². The van der Waals surface area contributed by atoms with Crippen molar-refractivity contribution in [1.29, 1.82) is 0 Å². The Kier molecular flexibility index (Phi) is 4.36. The van der Waals surface area contributed by atoms with Crippen molar-refractivity contribution in [3.8, 4) is 0 Å². The van der Waals surface area contributed by atoms with Crippen LogP contribution in [0, 0.1) is 0 Å².